The summed E-state index contributed by atoms with van der Waals surface area (Å²) in [6.45, 7) is 2.70. The van der Waals surface area contributed by atoms with E-state index in [-0.39, 0.29) is 24.2 Å². The van der Waals surface area contributed by atoms with E-state index in [4.69, 9.17) is 5.73 Å². The minimum absolute atomic E-state index is 0.0808. The van der Waals surface area contributed by atoms with Crippen LogP contribution in [-0.4, -0.2) is 39.1 Å². The third kappa shape index (κ3) is 3.95. The zero-order valence-corrected chi connectivity index (χ0v) is 18.8. The van der Waals surface area contributed by atoms with E-state index in [0.29, 0.717) is 36.1 Å². The third-order valence-corrected chi connectivity index (χ3v) is 7.01. The maximum atomic E-state index is 13.0. The molecule has 1 unspecified atom stereocenters. The molecule has 2 heterocycles. The number of anilines is 1. The lowest BCUT2D eigenvalue weighted by atomic mass is 9.87. The Labute approximate surface area is 193 Å². The van der Waals surface area contributed by atoms with Gasteiger partial charge in [0.25, 0.3) is 5.91 Å². The van der Waals surface area contributed by atoms with E-state index in [9.17, 15) is 15.0 Å². The van der Waals surface area contributed by atoms with Crippen LogP contribution in [0.15, 0.2) is 48.5 Å². The fraction of sp³-hybridized carbons (Fsp3) is 0.333. The summed E-state index contributed by atoms with van der Waals surface area (Å²) in [5.41, 5.74) is 13.2. The van der Waals surface area contributed by atoms with Crippen LogP contribution in [0.2, 0.25) is 0 Å². The minimum atomic E-state index is -0.144. The number of nitrogen functional groups attached to an aromatic ring is 1. The number of amides is 1. The second-order valence-corrected chi connectivity index (χ2v) is 9.15. The van der Waals surface area contributed by atoms with Gasteiger partial charge in [0.1, 0.15) is 11.4 Å². The summed E-state index contributed by atoms with van der Waals surface area (Å²) in [7, 11) is 0. The Bertz CT molecular complexity index is 1220. The van der Waals surface area contributed by atoms with Crippen LogP contribution < -0.4 is 5.73 Å². The van der Waals surface area contributed by atoms with Gasteiger partial charge in [0.2, 0.25) is 0 Å². The first-order chi connectivity index (χ1) is 16.0. The van der Waals surface area contributed by atoms with Crippen LogP contribution in [0.25, 0.3) is 11.1 Å². The predicted octanol–water partition coefficient (Wildman–Crippen LogP) is 4.34. The van der Waals surface area contributed by atoms with Gasteiger partial charge in [-0.3, -0.25) is 4.79 Å². The van der Waals surface area contributed by atoms with Crippen LogP contribution in [0.4, 0.5) is 5.69 Å². The number of aliphatic hydroxyl groups is 1. The van der Waals surface area contributed by atoms with Crippen LogP contribution in [-0.2, 0) is 6.61 Å². The van der Waals surface area contributed by atoms with Crippen LogP contribution in [0, 0.1) is 6.92 Å². The molecule has 170 valence electrons. The summed E-state index contributed by atoms with van der Waals surface area (Å²) in [4.78, 5) is 19.0. The highest BCUT2D eigenvalue weighted by atomic mass is 16.3. The fourth-order valence-corrected chi connectivity index (χ4v) is 5.00. The molecular weight excluding hydrogens is 414 g/mol. The fourth-order valence-electron chi connectivity index (χ4n) is 5.00. The van der Waals surface area contributed by atoms with Crippen molar-refractivity contribution in [3.63, 3.8) is 0 Å². The van der Waals surface area contributed by atoms with Crippen molar-refractivity contribution in [3.05, 3.63) is 76.6 Å². The number of carbonyl (C=O) groups is 1. The van der Waals surface area contributed by atoms with Crippen LogP contribution in [0.1, 0.15) is 64.0 Å². The normalized spacial score (nSPS) is 18.0. The first-order valence-corrected chi connectivity index (χ1v) is 11.5. The molecule has 0 bridgehead atoms. The second kappa shape index (κ2) is 8.52. The Hall–Kier alpha value is -3.38. The average molecular weight is 444 g/mol. The molecule has 2 aliphatic rings. The Balaban J connectivity index is 1.42. The number of likely N-dealkylation sites (tertiary alicyclic amines) is 1. The summed E-state index contributed by atoms with van der Waals surface area (Å²) in [5.74, 6) is 0.639. The van der Waals surface area contributed by atoms with E-state index in [2.05, 4.69) is 35.3 Å². The molecule has 1 saturated carbocycles. The van der Waals surface area contributed by atoms with Crippen molar-refractivity contribution < 1.29 is 15.0 Å². The molecule has 4 N–H and O–H groups in total. The third-order valence-electron chi connectivity index (χ3n) is 7.01. The van der Waals surface area contributed by atoms with Gasteiger partial charge < -0.3 is 20.8 Å². The maximum absolute atomic E-state index is 13.0. The van der Waals surface area contributed by atoms with Gasteiger partial charge >= 0.3 is 0 Å². The summed E-state index contributed by atoms with van der Waals surface area (Å²) >= 11 is 0. The number of nitrogens with zero attached hydrogens (tertiary/aromatic N) is 2. The highest BCUT2D eigenvalue weighted by Gasteiger charge is 2.31. The SMILES string of the molecule is Cc1nc(C(=O)N2CCC(c3ccc(-c4ccccc4C4CC4)c(N)c3CO)C2)ccc1O. The van der Waals surface area contributed by atoms with Crippen molar-refractivity contribution in [2.75, 3.05) is 18.8 Å². The number of carbonyl (C=O) groups excluding carboxylic acids is 1. The summed E-state index contributed by atoms with van der Waals surface area (Å²) in [6.07, 6.45) is 3.22. The molecule has 1 amide bonds. The number of hydrogen-bond donors (Lipinski definition) is 3. The highest BCUT2D eigenvalue weighted by Crippen LogP contribution is 2.46. The zero-order valence-electron chi connectivity index (χ0n) is 18.8. The smallest absolute Gasteiger partial charge is 0.272 e. The van der Waals surface area contributed by atoms with Gasteiger partial charge in [0, 0.05) is 35.8 Å². The molecule has 1 atom stereocenters. The van der Waals surface area contributed by atoms with E-state index in [1.807, 2.05) is 6.07 Å². The van der Waals surface area contributed by atoms with Gasteiger partial charge in [-0.25, -0.2) is 4.98 Å². The van der Waals surface area contributed by atoms with Gasteiger partial charge in [0.05, 0.1) is 12.3 Å². The molecule has 1 saturated heterocycles. The van der Waals surface area contributed by atoms with E-state index in [0.717, 1.165) is 28.7 Å². The maximum Gasteiger partial charge on any atom is 0.272 e. The van der Waals surface area contributed by atoms with Crippen molar-refractivity contribution in [2.45, 2.75) is 44.6 Å². The van der Waals surface area contributed by atoms with Gasteiger partial charge in [-0.15, -0.1) is 0 Å². The molecule has 1 aromatic heterocycles. The predicted molar refractivity (Wildman–Crippen MR) is 128 cm³/mol. The molecule has 1 aliphatic carbocycles. The molecule has 2 fully saturated rings. The lowest BCUT2D eigenvalue weighted by Gasteiger charge is -2.21. The van der Waals surface area contributed by atoms with Crippen molar-refractivity contribution in [2.24, 2.45) is 0 Å². The molecular formula is C27H29N3O3. The monoisotopic (exact) mass is 443 g/mol. The van der Waals surface area contributed by atoms with Gasteiger partial charge in [-0.1, -0.05) is 36.4 Å². The number of aryl methyl sites for hydroxylation is 1. The quantitative estimate of drug-likeness (QED) is 0.509. The van der Waals surface area contributed by atoms with Gasteiger partial charge in [0.15, 0.2) is 0 Å². The largest absolute Gasteiger partial charge is 0.506 e. The molecule has 0 spiro atoms. The number of aromatic nitrogens is 1. The van der Waals surface area contributed by atoms with Crippen LogP contribution in [0.3, 0.4) is 0 Å². The van der Waals surface area contributed by atoms with Crippen molar-refractivity contribution in [1.82, 2.24) is 9.88 Å². The van der Waals surface area contributed by atoms with Crippen LogP contribution in [0.5, 0.6) is 5.75 Å². The number of nitrogens with two attached hydrogens (primary N) is 1. The molecule has 3 aromatic rings. The molecule has 33 heavy (non-hydrogen) atoms. The Kier molecular flexibility index (Phi) is 5.54. The van der Waals surface area contributed by atoms with Crippen molar-refractivity contribution in [1.29, 1.82) is 0 Å². The van der Waals surface area contributed by atoms with Gasteiger partial charge in [-0.2, -0.15) is 0 Å². The van der Waals surface area contributed by atoms with E-state index < -0.39 is 0 Å². The standard InChI is InChI=1S/C27H29N3O3/c1-16-25(32)11-10-24(29-16)27(33)30-13-12-18(14-30)20-8-9-22(26(28)23(20)15-31)21-5-3-2-4-19(21)17-6-7-17/h2-5,8-11,17-18,31-32H,6-7,12-15,28H2,1H3. The van der Waals surface area contributed by atoms with Gasteiger partial charge in [-0.05, 0) is 60.9 Å². The zero-order chi connectivity index (χ0) is 23.1. The van der Waals surface area contributed by atoms with Crippen molar-refractivity contribution >= 4 is 11.6 Å². The number of hydrogen-bond acceptors (Lipinski definition) is 5. The van der Waals surface area contributed by atoms with Crippen LogP contribution >= 0.6 is 0 Å². The Morgan fingerprint density at radius 1 is 1.03 bits per heavy atom. The summed E-state index contributed by atoms with van der Waals surface area (Å²) in [5, 5.41) is 19.9. The number of benzene rings is 2. The summed E-state index contributed by atoms with van der Waals surface area (Å²) < 4.78 is 0. The molecule has 0 radical (unpaired) electrons. The lowest BCUT2D eigenvalue weighted by Crippen LogP contribution is -2.29. The lowest BCUT2D eigenvalue weighted by molar-refractivity contribution is 0.0784. The molecule has 2 aromatic carbocycles. The molecule has 6 heteroatoms. The second-order valence-electron chi connectivity index (χ2n) is 9.15. The number of pyridine rings is 1. The van der Waals surface area contributed by atoms with E-state index >= 15 is 0 Å². The summed E-state index contributed by atoms with van der Waals surface area (Å²) in [6, 6.07) is 15.6. The number of aliphatic hydroxyl groups excluding tert-OH is 1. The Morgan fingerprint density at radius 3 is 2.55 bits per heavy atom. The average Bonchev–Trinajstić information content (AvgIpc) is 3.56. The highest BCUT2D eigenvalue weighted by molar-refractivity contribution is 5.92. The molecule has 6 nitrogen and oxygen atoms in total. The number of rotatable bonds is 5. The Morgan fingerprint density at radius 2 is 1.82 bits per heavy atom. The molecule has 5 rings (SSSR count). The molecule has 1 aliphatic heterocycles. The first-order valence-electron chi connectivity index (χ1n) is 11.5. The van der Waals surface area contributed by atoms with Crippen molar-refractivity contribution in [3.8, 4) is 16.9 Å². The minimum Gasteiger partial charge on any atom is -0.506 e. The number of aromatic hydroxyl groups is 1. The van der Waals surface area contributed by atoms with E-state index in [1.54, 1.807) is 17.9 Å². The van der Waals surface area contributed by atoms with E-state index in [1.165, 1.54) is 24.5 Å². The topological polar surface area (TPSA) is 99.7 Å². The first kappa shape index (κ1) is 21.5.